The number of hydrogen-bond donors (Lipinski definition) is 2. The summed E-state index contributed by atoms with van der Waals surface area (Å²) in [5, 5.41) is 24.0. The molecule has 0 spiro atoms. The second-order valence-electron chi connectivity index (χ2n) is 13.3. The minimum absolute atomic E-state index is 0.154. The molecule has 46 heavy (non-hydrogen) atoms. The lowest BCUT2D eigenvalue weighted by molar-refractivity contribution is -0.133. The number of rotatable bonds is 10. The second-order valence-corrected chi connectivity index (χ2v) is 13.3. The topological polar surface area (TPSA) is 129 Å². The van der Waals surface area contributed by atoms with Crippen molar-refractivity contribution in [1.29, 1.82) is 5.26 Å². The third-order valence-corrected chi connectivity index (χ3v) is 10.0. The average Bonchev–Trinajstić information content (AvgIpc) is 3.80. The summed E-state index contributed by atoms with van der Waals surface area (Å²) >= 11 is 0. The van der Waals surface area contributed by atoms with Crippen molar-refractivity contribution in [2.75, 3.05) is 89.3 Å². The monoisotopic (exact) mass is 627 g/mol. The van der Waals surface area contributed by atoms with Gasteiger partial charge >= 0.3 is 0 Å². The van der Waals surface area contributed by atoms with Gasteiger partial charge in [0.15, 0.2) is 5.65 Å². The number of carbonyl (C=O) groups is 1. The maximum absolute atomic E-state index is 13.1. The lowest BCUT2D eigenvalue weighted by Crippen LogP contribution is -2.63. The van der Waals surface area contributed by atoms with Crippen LogP contribution in [0.5, 0.6) is 0 Å². The molecule has 3 aromatic rings. The Kier molecular flexibility index (Phi) is 8.54. The Hall–Kier alpha value is -4.19. The molecule has 1 amide bonds. The number of nitriles is 1. The summed E-state index contributed by atoms with van der Waals surface area (Å²) in [6.45, 7) is 11.8. The molecule has 14 nitrogen and oxygen atoms in total. The lowest BCUT2D eigenvalue weighted by atomic mass is 9.86. The number of likely N-dealkylation sites (tertiary alicyclic amines) is 1. The maximum Gasteiger partial charge on any atom is 0.247 e. The van der Waals surface area contributed by atoms with Gasteiger partial charge in [-0.3, -0.25) is 9.48 Å². The van der Waals surface area contributed by atoms with E-state index < -0.39 is 0 Å². The Morgan fingerprint density at radius 1 is 1.17 bits per heavy atom. The molecule has 0 unspecified atom stereocenters. The third kappa shape index (κ3) is 6.27. The molecule has 4 aliphatic rings. The summed E-state index contributed by atoms with van der Waals surface area (Å²) in [6, 6.07) is 6.38. The zero-order valence-electron chi connectivity index (χ0n) is 27.0. The molecule has 0 aromatic carbocycles. The molecule has 3 aromatic heterocycles. The molecular formula is C32H45N13O. The van der Waals surface area contributed by atoms with Crippen LogP contribution >= 0.6 is 0 Å². The Bertz CT molecular complexity index is 1600. The van der Waals surface area contributed by atoms with Crippen molar-refractivity contribution in [2.45, 2.75) is 38.1 Å². The molecule has 3 saturated heterocycles. The molecule has 0 atom stereocenters. The minimum Gasteiger partial charge on any atom is -0.363 e. The van der Waals surface area contributed by atoms with Crippen molar-refractivity contribution in [1.82, 2.24) is 49.5 Å². The molecule has 7 rings (SSSR count). The van der Waals surface area contributed by atoms with Gasteiger partial charge in [0.05, 0.1) is 36.6 Å². The number of pyridine rings is 1. The van der Waals surface area contributed by atoms with E-state index in [-0.39, 0.29) is 11.4 Å². The largest absolute Gasteiger partial charge is 0.363 e. The van der Waals surface area contributed by atoms with Crippen LogP contribution in [0, 0.1) is 17.2 Å². The molecular weight excluding hydrogens is 582 g/mol. The average molecular weight is 628 g/mol. The molecule has 244 valence electrons. The summed E-state index contributed by atoms with van der Waals surface area (Å²) in [6.07, 6.45) is 11.2. The maximum atomic E-state index is 13.1. The first-order valence-corrected chi connectivity index (χ1v) is 16.6. The molecule has 7 heterocycles. The number of nitrogens with one attached hydrogen (secondary N) is 2. The fourth-order valence-corrected chi connectivity index (χ4v) is 7.11. The van der Waals surface area contributed by atoms with E-state index in [0.717, 1.165) is 82.1 Å². The van der Waals surface area contributed by atoms with Crippen LogP contribution in [0.3, 0.4) is 0 Å². The first kappa shape index (κ1) is 30.5. The van der Waals surface area contributed by atoms with E-state index in [9.17, 15) is 10.1 Å². The highest BCUT2D eigenvalue weighted by molar-refractivity contribution is 5.78. The summed E-state index contributed by atoms with van der Waals surface area (Å²) in [7, 11) is 2.19. The number of fused-ring (bicyclic) bond motifs is 1. The van der Waals surface area contributed by atoms with E-state index in [1.165, 1.54) is 5.56 Å². The number of likely N-dealkylation sites (N-methyl/N-ethyl adjacent to an activating group) is 1. The quantitative estimate of drug-likeness (QED) is 0.336. The smallest absolute Gasteiger partial charge is 0.247 e. The standard InChI is InChI=1S/C32H45N13O/c1-3-25-17-35-45(20-25)32(8-9-33)23-42(24-32)28-5-4-10-44-30(28)37-31(38-44)36-27-18-34-43(21-27)22-29(46)41-11-6-26(7-12-41)19-40-15-13-39(2)14-16-40/h4-5,10,17,20-21,26,34H,3,6-8,11-16,18-19,22-24H2,1-2H3,(H,36,38). The summed E-state index contributed by atoms with van der Waals surface area (Å²) in [5.41, 5.74) is 6.74. The van der Waals surface area contributed by atoms with Crippen LogP contribution in [0.1, 0.15) is 31.7 Å². The predicted octanol–water partition coefficient (Wildman–Crippen LogP) is 1.18. The van der Waals surface area contributed by atoms with E-state index in [2.05, 4.69) is 61.9 Å². The van der Waals surface area contributed by atoms with Crippen LogP contribution in [0.2, 0.25) is 0 Å². The van der Waals surface area contributed by atoms with Gasteiger partial charge in [-0.25, -0.2) is 9.94 Å². The zero-order chi connectivity index (χ0) is 31.7. The van der Waals surface area contributed by atoms with Crippen LogP contribution in [-0.2, 0) is 16.8 Å². The third-order valence-electron chi connectivity index (χ3n) is 10.0. The Morgan fingerprint density at radius 2 is 1.98 bits per heavy atom. The number of nitrogens with zero attached hydrogens (tertiary/aromatic N) is 11. The van der Waals surface area contributed by atoms with Crippen LogP contribution in [-0.4, -0.2) is 129 Å². The highest BCUT2D eigenvalue weighted by Crippen LogP contribution is 2.37. The van der Waals surface area contributed by atoms with Crippen molar-refractivity contribution in [3.8, 4) is 6.07 Å². The van der Waals surface area contributed by atoms with Gasteiger partial charge in [-0.05, 0) is 49.9 Å². The molecule has 0 saturated carbocycles. The van der Waals surface area contributed by atoms with Crippen LogP contribution in [0.15, 0.2) is 42.6 Å². The Morgan fingerprint density at radius 3 is 2.72 bits per heavy atom. The SMILES string of the molecule is CCc1cnn(C2(CC#N)CN(c3cccn4nc(NC5=CN(CC(=O)N6CCC(CN7CCN(C)CC7)CC6)NC5)nc34)C2)c1. The summed E-state index contributed by atoms with van der Waals surface area (Å²) in [5.74, 6) is 1.33. The van der Waals surface area contributed by atoms with Gasteiger partial charge in [-0.15, -0.1) is 5.10 Å². The number of piperazine rings is 1. The lowest BCUT2D eigenvalue weighted by Gasteiger charge is -2.50. The van der Waals surface area contributed by atoms with Crippen LogP contribution < -0.4 is 15.6 Å². The number of anilines is 2. The van der Waals surface area contributed by atoms with Gasteiger partial charge in [0.2, 0.25) is 11.9 Å². The van der Waals surface area contributed by atoms with Gasteiger partial charge in [-0.2, -0.15) is 15.3 Å². The van der Waals surface area contributed by atoms with Crippen molar-refractivity contribution in [3.63, 3.8) is 0 Å². The predicted molar refractivity (Wildman–Crippen MR) is 175 cm³/mol. The molecule has 2 N–H and O–H groups in total. The molecule has 0 aliphatic carbocycles. The zero-order valence-corrected chi connectivity index (χ0v) is 27.0. The number of amides is 1. The van der Waals surface area contributed by atoms with Gasteiger partial charge < -0.3 is 29.9 Å². The van der Waals surface area contributed by atoms with Gasteiger partial charge in [0.1, 0.15) is 12.1 Å². The van der Waals surface area contributed by atoms with Crippen LogP contribution in [0.4, 0.5) is 11.6 Å². The Balaban J connectivity index is 0.927. The van der Waals surface area contributed by atoms with Gasteiger partial charge in [0, 0.05) is 77.5 Å². The second kappa shape index (κ2) is 12.9. The molecule has 0 radical (unpaired) electrons. The normalized spacial score (nSPS) is 21.0. The first-order valence-electron chi connectivity index (χ1n) is 16.6. The highest BCUT2D eigenvalue weighted by atomic mass is 16.2. The van der Waals surface area contributed by atoms with E-state index in [1.54, 1.807) is 4.52 Å². The van der Waals surface area contributed by atoms with Crippen molar-refractivity contribution in [3.05, 3.63) is 48.2 Å². The summed E-state index contributed by atoms with van der Waals surface area (Å²) in [4.78, 5) is 27.2. The number of aromatic nitrogens is 5. The van der Waals surface area contributed by atoms with Gasteiger partial charge in [-0.1, -0.05) is 6.92 Å². The molecule has 4 aliphatic heterocycles. The molecule has 0 bridgehead atoms. The van der Waals surface area contributed by atoms with E-state index in [4.69, 9.17) is 4.98 Å². The number of piperidine rings is 1. The van der Waals surface area contributed by atoms with Crippen LogP contribution in [0.25, 0.3) is 5.65 Å². The van der Waals surface area contributed by atoms with Crippen molar-refractivity contribution in [2.24, 2.45) is 5.92 Å². The number of hydrogen-bond acceptors (Lipinski definition) is 11. The van der Waals surface area contributed by atoms with Gasteiger partial charge in [0.25, 0.3) is 0 Å². The van der Waals surface area contributed by atoms with Crippen molar-refractivity contribution < 1.29 is 4.79 Å². The highest BCUT2D eigenvalue weighted by Gasteiger charge is 2.46. The molecule has 3 fully saturated rings. The summed E-state index contributed by atoms with van der Waals surface area (Å²) < 4.78 is 3.75. The fraction of sp³-hybridized carbons (Fsp3) is 0.594. The number of hydrazine groups is 1. The molecule has 14 heteroatoms. The van der Waals surface area contributed by atoms with E-state index in [1.807, 2.05) is 45.3 Å². The Labute approximate surface area is 270 Å². The minimum atomic E-state index is -0.349. The van der Waals surface area contributed by atoms with Crippen molar-refractivity contribution >= 4 is 23.2 Å². The van der Waals surface area contributed by atoms with E-state index in [0.29, 0.717) is 44.5 Å². The van der Waals surface area contributed by atoms with E-state index >= 15 is 0 Å². The fourth-order valence-electron chi connectivity index (χ4n) is 7.11. The number of carbonyl (C=O) groups excluding carboxylic acids is 1. The number of aryl methyl sites for hydroxylation is 1. The first-order chi connectivity index (χ1) is 22.4.